The van der Waals surface area contributed by atoms with E-state index in [2.05, 4.69) is 15.0 Å². The molecule has 2 rings (SSSR count). The first-order chi connectivity index (χ1) is 8.08. The highest BCUT2D eigenvalue weighted by Gasteiger charge is 2.02. The number of fused-ring (bicyclic) bond motifs is 1. The van der Waals surface area contributed by atoms with Gasteiger partial charge in [0.25, 0.3) is 5.56 Å². The molecule has 0 aliphatic carbocycles. The van der Waals surface area contributed by atoms with Gasteiger partial charge in [-0.3, -0.25) is 24.7 Å². The van der Waals surface area contributed by atoms with Gasteiger partial charge in [-0.2, -0.15) is 5.26 Å². The molecule has 0 fully saturated rings. The summed E-state index contributed by atoms with van der Waals surface area (Å²) in [6, 6.07) is 2.02. The van der Waals surface area contributed by atoms with E-state index in [9.17, 15) is 14.4 Å². The third-order valence-electron chi connectivity index (χ3n) is 1.78. The van der Waals surface area contributed by atoms with Gasteiger partial charge in [-0.15, -0.1) is 0 Å². The van der Waals surface area contributed by atoms with E-state index >= 15 is 0 Å². The van der Waals surface area contributed by atoms with Gasteiger partial charge >= 0.3 is 11.4 Å². The minimum absolute atomic E-state index is 0.0413. The highest BCUT2D eigenvalue weighted by Crippen LogP contribution is 1.88. The number of aromatic nitrogens is 4. The second-order valence-corrected chi connectivity index (χ2v) is 3.15. The lowest BCUT2D eigenvalue weighted by atomic mass is 10.4. The first-order valence-electron chi connectivity index (χ1n) is 4.90. The first-order valence-corrected chi connectivity index (χ1v) is 4.90. The van der Waals surface area contributed by atoms with Gasteiger partial charge in [-0.05, 0) is 6.42 Å². The van der Waals surface area contributed by atoms with Crippen molar-refractivity contribution in [1.29, 1.82) is 5.26 Å². The Balaban J connectivity index is 0.000000249. The largest absolute Gasteiger partial charge is 0.327 e. The zero-order valence-corrected chi connectivity index (χ0v) is 9.09. The lowest BCUT2D eigenvalue weighted by molar-refractivity contribution is 0.969. The van der Waals surface area contributed by atoms with E-state index in [1.54, 1.807) is 0 Å². The lowest BCUT2D eigenvalue weighted by Gasteiger charge is -1.83. The quantitative estimate of drug-likeness (QED) is 0.533. The van der Waals surface area contributed by atoms with E-state index in [4.69, 9.17) is 5.26 Å². The molecule has 0 amide bonds. The van der Waals surface area contributed by atoms with Crippen LogP contribution >= 0.6 is 0 Å². The van der Waals surface area contributed by atoms with Crippen LogP contribution in [0.25, 0.3) is 11.2 Å². The minimum atomic E-state index is -0.650. The van der Waals surface area contributed by atoms with Crippen molar-refractivity contribution in [2.24, 2.45) is 0 Å². The second-order valence-electron chi connectivity index (χ2n) is 3.15. The van der Waals surface area contributed by atoms with Crippen molar-refractivity contribution in [3.05, 3.63) is 31.3 Å². The van der Waals surface area contributed by atoms with Crippen LogP contribution in [-0.4, -0.2) is 19.9 Å². The van der Waals surface area contributed by atoms with Gasteiger partial charge in [0.15, 0.2) is 0 Å². The molecule has 0 aliphatic heterocycles. The smallest absolute Gasteiger partial charge is 0.300 e. The Hall–Kier alpha value is -2.56. The van der Waals surface area contributed by atoms with Gasteiger partial charge in [-0.1, -0.05) is 6.92 Å². The molecule has 0 bridgehead atoms. The zero-order chi connectivity index (χ0) is 12.8. The van der Waals surface area contributed by atoms with Gasteiger partial charge in [0.05, 0.1) is 6.07 Å². The maximum atomic E-state index is 10.9. The number of rotatable bonds is 1. The normalized spacial score (nSPS) is 9.41. The van der Waals surface area contributed by atoms with Crippen LogP contribution in [0.4, 0.5) is 0 Å². The van der Waals surface area contributed by atoms with Crippen LogP contribution in [0.1, 0.15) is 19.8 Å². The summed E-state index contributed by atoms with van der Waals surface area (Å²) in [7, 11) is 0. The van der Waals surface area contributed by atoms with Crippen LogP contribution in [0.15, 0.2) is 14.4 Å². The average Bonchev–Trinajstić information content (AvgIpc) is 2.61. The molecular formula is C9H11N5O3. The third kappa shape index (κ3) is 3.20. The standard InChI is InChI=1S/C5H4N4O3.C4H7N/c10-3-1-2(7-4(11)6-1)8-5(12)9-3;1-2-3-4-5/h(H4,6,7,8,9,10,11,12);2-3H2,1H3. The molecule has 2 aromatic heterocycles. The number of unbranched alkanes of at least 4 members (excludes halogenated alkanes) is 1. The molecule has 0 spiro atoms. The third-order valence-corrected chi connectivity index (χ3v) is 1.78. The molecule has 8 nitrogen and oxygen atoms in total. The van der Waals surface area contributed by atoms with Crippen molar-refractivity contribution in [1.82, 2.24) is 19.9 Å². The Bertz CT molecular complexity index is 696. The van der Waals surface area contributed by atoms with Crippen LogP contribution in [-0.2, 0) is 0 Å². The lowest BCUT2D eigenvalue weighted by Crippen LogP contribution is -2.21. The van der Waals surface area contributed by atoms with Crippen molar-refractivity contribution in [2.75, 3.05) is 0 Å². The number of aromatic amines is 4. The van der Waals surface area contributed by atoms with Gasteiger partial charge in [-0.25, -0.2) is 9.59 Å². The SMILES string of the molecule is CCCC#N.O=c1[nH]c(=O)c2[nH]c(=O)[nH]c2[nH]1. The van der Waals surface area contributed by atoms with Crippen molar-refractivity contribution < 1.29 is 0 Å². The molecule has 0 atom stereocenters. The summed E-state index contributed by atoms with van der Waals surface area (Å²) in [5, 5.41) is 7.82. The van der Waals surface area contributed by atoms with Crippen molar-refractivity contribution in [3.8, 4) is 6.07 Å². The highest BCUT2D eigenvalue weighted by atomic mass is 16.2. The fourth-order valence-electron chi connectivity index (χ4n) is 1.07. The molecule has 2 aromatic rings. The van der Waals surface area contributed by atoms with Crippen molar-refractivity contribution in [3.63, 3.8) is 0 Å². The summed E-state index contributed by atoms with van der Waals surface area (Å²) in [4.78, 5) is 41.0. The maximum absolute atomic E-state index is 10.9. The van der Waals surface area contributed by atoms with Gasteiger partial charge < -0.3 is 0 Å². The van der Waals surface area contributed by atoms with Crippen LogP contribution < -0.4 is 16.9 Å². The fraction of sp³-hybridized carbons (Fsp3) is 0.333. The molecule has 2 heterocycles. The Labute approximate surface area is 94.3 Å². The fourth-order valence-corrected chi connectivity index (χ4v) is 1.07. The van der Waals surface area contributed by atoms with Crippen LogP contribution in [0.5, 0.6) is 0 Å². The number of nitrogens with one attached hydrogen (secondary N) is 4. The van der Waals surface area contributed by atoms with E-state index in [1.165, 1.54) is 0 Å². The molecule has 0 saturated carbocycles. The van der Waals surface area contributed by atoms with Gasteiger partial charge in [0.1, 0.15) is 11.2 Å². The average molecular weight is 237 g/mol. The second kappa shape index (κ2) is 5.50. The summed E-state index contributed by atoms with van der Waals surface area (Å²) in [5.74, 6) is 0. The summed E-state index contributed by atoms with van der Waals surface area (Å²) >= 11 is 0. The van der Waals surface area contributed by atoms with Crippen molar-refractivity contribution in [2.45, 2.75) is 19.8 Å². The van der Waals surface area contributed by atoms with Crippen LogP contribution in [0.2, 0.25) is 0 Å². The van der Waals surface area contributed by atoms with Crippen LogP contribution in [0.3, 0.4) is 0 Å². The topological polar surface area (TPSA) is 138 Å². The van der Waals surface area contributed by atoms with E-state index in [-0.39, 0.29) is 11.2 Å². The van der Waals surface area contributed by atoms with Gasteiger partial charge in [0.2, 0.25) is 0 Å². The van der Waals surface area contributed by atoms with E-state index in [0.717, 1.165) is 6.42 Å². The van der Waals surface area contributed by atoms with Gasteiger partial charge in [0, 0.05) is 6.42 Å². The number of nitrogens with zero attached hydrogens (tertiary/aromatic N) is 1. The Morgan fingerprint density at radius 1 is 1.06 bits per heavy atom. The van der Waals surface area contributed by atoms with Crippen molar-refractivity contribution >= 4 is 11.2 Å². The molecular weight excluding hydrogens is 226 g/mol. The molecule has 90 valence electrons. The number of hydrogen-bond donors (Lipinski definition) is 4. The number of hydrogen-bond acceptors (Lipinski definition) is 4. The molecule has 8 heteroatoms. The number of H-pyrrole nitrogens is 4. The number of nitriles is 1. The Morgan fingerprint density at radius 3 is 2.12 bits per heavy atom. The molecule has 17 heavy (non-hydrogen) atoms. The molecule has 0 aliphatic rings. The van der Waals surface area contributed by atoms with Crippen LogP contribution in [0, 0.1) is 11.3 Å². The predicted molar refractivity (Wildman–Crippen MR) is 60.7 cm³/mol. The summed E-state index contributed by atoms with van der Waals surface area (Å²) < 4.78 is 0. The molecule has 0 saturated heterocycles. The summed E-state index contributed by atoms with van der Waals surface area (Å²) in [6.45, 7) is 1.99. The Kier molecular flexibility index (Phi) is 4.05. The predicted octanol–water partition coefficient (Wildman–Crippen LogP) is -0.457. The number of imidazole rings is 1. The molecule has 4 N–H and O–H groups in total. The Morgan fingerprint density at radius 2 is 1.65 bits per heavy atom. The summed E-state index contributed by atoms with van der Waals surface area (Å²) in [6.07, 6.45) is 1.68. The van der Waals surface area contributed by atoms with E-state index in [1.807, 2.05) is 18.0 Å². The molecule has 0 aromatic carbocycles. The minimum Gasteiger partial charge on any atom is -0.300 e. The highest BCUT2D eigenvalue weighted by molar-refractivity contribution is 5.67. The van der Waals surface area contributed by atoms with E-state index < -0.39 is 16.9 Å². The maximum Gasteiger partial charge on any atom is 0.327 e. The monoisotopic (exact) mass is 237 g/mol. The zero-order valence-electron chi connectivity index (χ0n) is 9.09. The summed E-state index contributed by atoms with van der Waals surface area (Å²) in [5.41, 5.74) is -1.65. The van der Waals surface area contributed by atoms with E-state index in [0.29, 0.717) is 6.42 Å². The first kappa shape index (κ1) is 12.5. The molecule has 0 radical (unpaired) electrons. The molecule has 0 unspecified atom stereocenters.